The van der Waals surface area contributed by atoms with Crippen LogP contribution < -0.4 is 5.32 Å². The van der Waals surface area contributed by atoms with E-state index < -0.39 is 5.67 Å². The standard InChI is InChI=1S/C10H18FNS/c11-10(4-2-1-3-5-10)8-12-9-6-13-7-9/h9,12H,1-8H2. The summed E-state index contributed by atoms with van der Waals surface area (Å²) in [5.74, 6) is 2.35. The van der Waals surface area contributed by atoms with Crippen molar-refractivity contribution in [3.63, 3.8) is 0 Å². The van der Waals surface area contributed by atoms with Crippen LogP contribution in [0.2, 0.25) is 0 Å². The first kappa shape index (κ1) is 9.78. The first-order valence-electron chi connectivity index (χ1n) is 5.29. The molecule has 3 heteroatoms. The second-order valence-corrected chi connectivity index (χ2v) is 5.40. The minimum atomic E-state index is -0.876. The van der Waals surface area contributed by atoms with E-state index in [1.54, 1.807) is 0 Å². The van der Waals surface area contributed by atoms with Crippen molar-refractivity contribution in [2.45, 2.75) is 43.8 Å². The Bertz CT molecular complexity index is 164. The summed E-state index contributed by atoms with van der Waals surface area (Å²) in [6, 6.07) is 0.597. The molecule has 1 saturated carbocycles. The highest BCUT2D eigenvalue weighted by molar-refractivity contribution is 8.00. The quantitative estimate of drug-likeness (QED) is 0.755. The zero-order valence-corrected chi connectivity index (χ0v) is 8.84. The van der Waals surface area contributed by atoms with Crippen molar-refractivity contribution in [3.8, 4) is 0 Å². The summed E-state index contributed by atoms with van der Waals surface area (Å²) in [4.78, 5) is 0. The third-order valence-electron chi connectivity index (χ3n) is 3.10. The van der Waals surface area contributed by atoms with Crippen LogP contribution >= 0.6 is 11.8 Å². The molecule has 1 aliphatic carbocycles. The lowest BCUT2D eigenvalue weighted by Crippen LogP contribution is -2.47. The Morgan fingerprint density at radius 2 is 1.92 bits per heavy atom. The van der Waals surface area contributed by atoms with Gasteiger partial charge in [-0.2, -0.15) is 11.8 Å². The normalized spacial score (nSPS) is 28.4. The monoisotopic (exact) mass is 203 g/mol. The third kappa shape index (κ3) is 2.59. The Hall–Kier alpha value is 0.240. The first-order valence-corrected chi connectivity index (χ1v) is 6.44. The zero-order chi connectivity index (χ0) is 9.15. The molecule has 1 saturated heterocycles. The van der Waals surface area contributed by atoms with Crippen molar-refractivity contribution in [3.05, 3.63) is 0 Å². The number of halogens is 1. The summed E-state index contributed by atoms with van der Waals surface area (Å²) in [6.07, 6.45) is 4.94. The average Bonchev–Trinajstić information content (AvgIpc) is 2.02. The van der Waals surface area contributed by atoms with Gasteiger partial charge in [0.15, 0.2) is 0 Å². The van der Waals surface area contributed by atoms with E-state index in [9.17, 15) is 4.39 Å². The van der Waals surface area contributed by atoms with E-state index in [0.29, 0.717) is 12.6 Å². The van der Waals surface area contributed by atoms with Crippen LogP contribution in [0.1, 0.15) is 32.1 Å². The van der Waals surface area contributed by atoms with Crippen LogP contribution in [0.25, 0.3) is 0 Å². The van der Waals surface area contributed by atoms with Gasteiger partial charge in [-0.05, 0) is 12.8 Å². The van der Waals surface area contributed by atoms with Crippen LogP contribution in [0, 0.1) is 0 Å². The maximum absolute atomic E-state index is 14.0. The third-order valence-corrected chi connectivity index (χ3v) is 4.37. The predicted molar refractivity (Wildman–Crippen MR) is 56.0 cm³/mol. The Balaban J connectivity index is 1.71. The smallest absolute Gasteiger partial charge is 0.123 e. The van der Waals surface area contributed by atoms with Crippen molar-refractivity contribution in [1.82, 2.24) is 5.32 Å². The van der Waals surface area contributed by atoms with Crippen LogP contribution in [-0.2, 0) is 0 Å². The van der Waals surface area contributed by atoms with E-state index >= 15 is 0 Å². The molecule has 0 aromatic carbocycles. The van der Waals surface area contributed by atoms with Gasteiger partial charge in [-0.15, -0.1) is 0 Å². The molecule has 0 atom stereocenters. The molecule has 13 heavy (non-hydrogen) atoms. The molecule has 2 rings (SSSR count). The van der Waals surface area contributed by atoms with Crippen molar-refractivity contribution < 1.29 is 4.39 Å². The Kier molecular flexibility index (Phi) is 3.14. The Morgan fingerprint density at radius 3 is 2.46 bits per heavy atom. The van der Waals surface area contributed by atoms with Crippen molar-refractivity contribution in [2.24, 2.45) is 0 Å². The molecule has 0 unspecified atom stereocenters. The number of hydrogen-bond donors (Lipinski definition) is 1. The van der Waals surface area contributed by atoms with Crippen molar-refractivity contribution >= 4 is 11.8 Å². The average molecular weight is 203 g/mol. The minimum Gasteiger partial charge on any atom is -0.309 e. The van der Waals surface area contributed by atoms with Crippen LogP contribution in [0.5, 0.6) is 0 Å². The van der Waals surface area contributed by atoms with Gasteiger partial charge in [0.25, 0.3) is 0 Å². The van der Waals surface area contributed by atoms with Gasteiger partial charge in [0.2, 0.25) is 0 Å². The second-order valence-electron chi connectivity index (χ2n) is 4.33. The molecule has 1 aliphatic heterocycles. The van der Waals surface area contributed by atoms with Crippen LogP contribution in [-0.4, -0.2) is 29.8 Å². The molecule has 0 radical (unpaired) electrons. The molecule has 0 aromatic rings. The molecule has 0 spiro atoms. The number of hydrogen-bond acceptors (Lipinski definition) is 2. The van der Waals surface area contributed by atoms with Crippen LogP contribution in [0.15, 0.2) is 0 Å². The van der Waals surface area contributed by atoms with E-state index in [2.05, 4.69) is 5.32 Å². The fraction of sp³-hybridized carbons (Fsp3) is 1.00. The topological polar surface area (TPSA) is 12.0 Å². The summed E-state index contributed by atoms with van der Waals surface area (Å²) in [5, 5.41) is 3.33. The van der Waals surface area contributed by atoms with E-state index in [1.807, 2.05) is 11.8 Å². The van der Waals surface area contributed by atoms with Crippen LogP contribution in [0.3, 0.4) is 0 Å². The molecular weight excluding hydrogens is 185 g/mol. The molecule has 0 bridgehead atoms. The van der Waals surface area contributed by atoms with E-state index in [4.69, 9.17) is 0 Å². The molecule has 0 aromatic heterocycles. The van der Waals surface area contributed by atoms with Crippen LogP contribution in [0.4, 0.5) is 4.39 Å². The Morgan fingerprint density at radius 1 is 1.23 bits per heavy atom. The summed E-state index contributed by atoms with van der Waals surface area (Å²) < 4.78 is 14.0. The van der Waals surface area contributed by atoms with E-state index in [0.717, 1.165) is 25.7 Å². The van der Waals surface area contributed by atoms with Gasteiger partial charge in [0, 0.05) is 24.1 Å². The molecule has 0 amide bonds. The lowest BCUT2D eigenvalue weighted by atomic mass is 9.86. The van der Waals surface area contributed by atoms with Gasteiger partial charge < -0.3 is 5.32 Å². The van der Waals surface area contributed by atoms with E-state index in [-0.39, 0.29) is 0 Å². The molecule has 1 nitrogen and oxygen atoms in total. The van der Waals surface area contributed by atoms with Gasteiger partial charge in [0.1, 0.15) is 5.67 Å². The fourth-order valence-corrected chi connectivity index (χ4v) is 2.75. The molecular formula is C10H18FNS. The van der Waals surface area contributed by atoms with E-state index in [1.165, 1.54) is 17.9 Å². The van der Waals surface area contributed by atoms with Gasteiger partial charge in [0.05, 0.1) is 0 Å². The van der Waals surface area contributed by atoms with Gasteiger partial charge in [-0.1, -0.05) is 19.3 Å². The minimum absolute atomic E-state index is 0.595. The SMILES string of the molecule is FC1(CNC2CSC2)CCCCC1. The van der Waals surface area contributed by atoms with Gasteiger partial charge in [-0.3, -0.25) is 0 Å². The number of rotatable bonds is 3. The lowest BCUT2D eigenvalue weighted by molar-refractivity contribution is 0.103. The maximum Gasteiger partial charge on any atom is 0.123 e. The summed E-state index contributed by atoms with van der Waals surface area (Å²) in [6.45, 7) is 0.595. The highest BCUT2D eigenvalue weighted by Gasteiger charge is 2.32. The largest absolute Gasteiger partial charge is 0.309 e. The first-order chi connectivity index (χ1) is 6.29. The highest BCUT2D eigenvalue weighted by Crippen LogP contribution is 2.31. The zero-order valence-electron chi connectivity index (χ0n) is 8.02. The fourth-order valence-electron chi connectivity index (χ4n) is 2.04. The number of thioether (sulfide) groups is 1. The Labute approximate surface area is 83.9 Å². The molecule has 1 N–H and O–H groups in total. The second kappa shape index (κ2) is 4.18. The molecule has 76 valence electrons. The molecule has 1 heterocycles. The maximum atomic E-state index is 14.0. The summed E-state index contributed by atoms with van der Waals surface area (Å²) in [7, 11) is 0. The van der Waals surface area contributed by atoms with Gasteiger partial charge >= 0.3 is 0 Å². The lowest BCUT2D eigenvalue weighted by Gasteiger charge is -2.34. The van der Waals surface area contributed by atoms with Gasteiger partial charge in [-0.25, -0.2) is 4.39 Å². The molecule has 2 fully saturated rings. The molecule has 2 aliphatic rings. The summed E-state index contributed by atoms with van der Waals surface area (Å²) in [5.41, 5.74) is -0.876. The number of alkyl halides is 1. The predicted octanol–water partition coefficient (Wildman–Crippen LogP) is 2.36. The summed E-state index contributed by atoms with van der Waals surface area (Å²) >= 11 is 1.95. The van der Waals surface area contributed by atoms with Crippen molar-refractivity contribution in [1.29, 1.82) is 0 Å². The number of nitrogens with one attached hydrogen (secondary N) is 1. The van der Waals surface area contributed by atoms with Crippen molar-refractivity contribution in [2.75, 3.05) is 18.1 Å². The highest BCUT2D eigenvalue weighted by atomic mass is 32.2.